The minimum absolute atomic E-state index is 0.137. The summed E-state index contributed by atoms with van der Waals surface area (Å²) in [5.74, 6) is -0.539. The first-order valence-electron chi connectivity index (χ1n) is 10.2. The zero-order valence-corrected chi connectivity index (χ0v) is 17.1. The Balaban J connectivity index is 1.82. The molecule has 1 spiro atoms. The van der Waals surface area contributed by atoms with Gasteiger partial charge in [0.05, 0.1) is 5.54 Å². The van der Waals surface area contributed by atoms with Gasteiger partial charge in [-0.05, 0) is 62.4 Å². The first-order valence-corrected chi connectivity index (χ1v) is 10.2. The van der Waals surface area contributed by atoms with Crippen LogP contribution in [0, 0.1) is 5.82 Å². The number of benzene rings is 2. The maximum atomic E-state index is 14.1. The molecule has 2 heterocycles. The lowest BCUT2D eigenvalue weighted by atomic mass is 9.75. The van der Waals surface area contributed by atoms with Gasteiger partial charge in [-0.25, -0.2) is 9.18 Å². The fourth-order valence-corrected chi connectivity index (χ4v) is 5.04. The summed E-state index contributed by atoms with van der Waals surface area (Å²) >= 11 is 0. The molecule has 0 bridgehead atoms. The smallest absolute Gasteiger partial charge is 0.407 e. The van der Waals surface area contributed by atoms with Crippen LogP contribution in [0.1, 0.15) is 32.3 Å². The molecule has 1 N–H and O–H groups in total. The van der Waals surface area contributed by atoms with Gasteiger partial charge < -0.3 is 10.0 Å². The summed E-state index contributed by atoms with van der Waals surface area (Å²) in [7, 11) is 0. The number of hydrogen-bond acceptors (Lipinski definition) is 2. The normalized spacial score (nSPS) is 24.1. The van der Waals surface area contributed by atoms with Crippen LogP contribution in [-0.2, 0) is 11.2 Å². The van der Waals surface area contributed by atoms with E-state index < -0.39 is 17.4 Å². The Bertz CT molecular complexity index is 1020. The van der Waals surface area contributed by atoms with Crippen LogP contribution >= 0.6 is 0 Å². The predicted octanol–water partition coefficient (Wildman–Crippen LogP) is 4.63. The van der Waals surface area contributed by atoms with E-state index in [1.54, 1.807) is 17.0 Å². The number of hydrogen-bond donors (Lipinski definition) is 1. The van der Waals surface area contributed by atoms with Crippen molar-refractivity contribution in [2.45, 2.75) is 44.7 Å². The van der Waals surface area contributed by atoms with E-state index in [0.717, 1.165) is 11.1 Å². The number of carboxylic acid groups (broad SMARTS) is 1. The molecule has 156 valence electrons. The van der Waals surface area contributed by atoms with Gasteiger partial charge in [-0.2, -0.15) is 0 Å². The van der Waals surface area contributed by atoms with E-state index in [0.29, 0.717) is 37.1 Å². The molecule has 0 unspecified atom stereocenters. The van der Waals surface area contributed by atoms with Crippen molar-refractivity contribution in [3.63, 3.8) is 0 Å². The maximum Gasteiger partial charge on any atom is 0.407 e. The second-order valence-electron chi connectivity index (χ2n) is 8.20. The van der Waals surface area contributed by atoms with Gasteiger partial charge in [0.2, 0.25) is 0 Å². The summed E-state index contributed by atoms with van der Waals surface area (Å²) in [6, 6.07) is 15.8. The highest BCUT2D eigenvalue weighted by molar-refractivity contribution is 6.11. The monoisotopic (exact) mass is 408 g/mol. The van der Waals surface area contributed by atoms with Crippen molar-refractivity contribution in [3.05, 3.63) is 77.1 Å². The number of likely N-dealkylation sites (tertiary alicyclic amines) is 1. The molecule has 2 aliphatic rings. The van der Waals surface area contributed by atoms with Crippen molar-refractivity contribution >= 4 is 17.7 Å². The van der Waals surface area contributed by atoms with Crippen molar-refractivity contribution in [2.24, 2.45) is 0 Å². The van der Waals surface area contributed by atoms with Gasteiger partial charge in [-0.1, -0.05) is 36.4 Å². The van der Waals surface area contributed by atoms with Crippen molar-refractivity contribution in [1.82, 2.24) is 4.90 Å². The van der Waals surface area contributed by atoms with E-state index in [1.165, 1.54) is 17.0 Å². The predicted molar refractivity (Wildman–Crippen MR) is 113 cm³/mol. The van der Waals surface area contributed by atoms with E-state index in [2.05, 4.69) is 0 Å². The third-order valence-electron chi connectivity index (χ3n) is 6.43. The average molecular weight is 408 g/mol. The lowest BCUT2D eigenvalue weighted by Crippen LogP contribution is -2.59. The quantitative estimate of drug-likeness (QED) is 0.805. The Kier molecular flexibility index (Phi) is 5.10. The van der Waals surface area contributed by atoms with Crippen LogP contribution in [0.3, 0.4) is 0 Å². The SMILES string of the molecule is CC1=C(Cc2ccccc2)[C@]2(CCN(C(=O)O)[C@@H](C)C2)N(c2cccc(F)c2)C1=O. The molecule has 2 aromatic carbocycles. The van der Waals surface area contributed by atoms with Gasteiger partial charge in [-0.3, -0.25) is 9.69 Å². The summed E-state index contributed by atoms with van der Waals surface area (Å²) in [6.07, 6.45) is 0.598. The summed E-state index contributed by atoms with van der Waals surface area (Å²) in [5.41, 5.74) is 2.60. The Morgan fingerprint density at radius 3 is 2.57 bits per heavy atom. The van der Waals surface area contributed by atoms with Crippen LogP contribution in [0.2, 0.25) is 0 Å². The average Bonchev–Trinajstić information content (AvgIpc) is 2.90. The standard InChI is InChI=1S/C24H25FN2O3/c1-16-15-24(11-12-26(16)23(29)30)21(13-18-7-4-3-5-8-18)17(2)22(28)27(24)20-10-6-9-19(25)14-20/h3-10,14,16H,11-13,15H2,1-2H3,(H,29,30)/t16-,24+/m0/s1. The van der Waals surface area contributed by atoms with Gasteiger partial charge >= 0.3 is 6.09 Å². The number of carbonyl (C=O) groups is 2. The van der Waals surface area contributed by atoms with Crippen LogP contribution < -0.4 is 4.90 Å². The highest BCUT2D eigenvalue weighted by atomic mass is 19.1. The molecular weight excluding hydrogens is 383 g/mol. The zero-order chi connectivity index (χ0) is 21.5. The summed E-state index contributed by atoms with van der Waals surface area (Å²) in [6.45, 7) is 4.02. The Labute approximate surface area is 175 Å². The van der Waals surface area contributed by atoms with E-state index in [4.69, 9.17) is 0 Å². The van der Waals surface area contributed by atoms with Gasteiger partial charge in [0.15, 0.2) is 0 Å². The van der Waals surface area contributed by atoms with E-state index in [1.807, 2.05) is 44.2 Å². The molecule has 2 atom stereocenters. The molecule has 0 saturated carbocycles. The molecule has 0 aromatic heterocycles. The minimum Gasteiger partial charge on any atom is -0.465 e. The third-order valence-corrected chi connectivity index (χ3v) is 6.43. The zero-order valence-electron chi connectivity index (χ0n) is 17.1. The second kappa shape index (κ2) is 7.59. The van der Waals surface area contributed by atoms with Crippen molar-refractivity contribution in [1.29, 1.82) is 0 Å². The molecule has 0 aliphatic carbocycles. The molecule has 1 saturated heterocycles. The number of nitrogens with zero attached hydrogens (tertiary/aromatic N) is 2. The van der Waals surface area contributed by atoms with Gasteiger partial charge in [0, 0.05) is 23.8 Å². The third kappa shape index (κ3) is 3.26. The Morgan fingerprint density at radius 1 is 1.20 bits per heavy atom. The van der Waals surface area contributed by atoms with Gasteiger partial charge in [-0.15, -0.1) is 0 Å². The number of anilines is 1. The fourth-order valence-electron chi connectivity index (χ4n) is 5.04. The Hall–Kier alpha value is -3.15. The summed E-state index contributed by atoms with van der Waals surface area (Å²) in [4.78, 5) is 28.2. The molecule has 6 heteroatoms. The molecule has 2 aromatic rings. The van der Waals surface area contributed by atoms with Crippen LogP contribution in [0.5, 0.6) is 0 Å². The van der Waals surface area contributed by atoms with E-state index in [9.17, 15) is 19.1 Å². The van der Waals surface area contributed by atoms with Crippen molar-refractivity contribution in [3.8, 4) is 0 Å². The van der Waals surface area contributed by atoms with E-state index in [-0.39, 0.29) is 11.9 Å². The van der Waals surface area contributed by atoms with Crippen LogP contribution in [0.4, 0.5) is 14.9 Å². The highest BCUT2D eigenvalue weighted by Gasteiger charge is 2.53. The maximum absolute atomic E-state index is 14.1. The largest absolute Gasteiger partial charge is 0.465 e. The number of piperidine rings is 1. The molecule has 0 radical (unpaired) electrons. The Morgan fingerprint density at radius 2 is 1.93 bits per heavy atom. The minimum atomic E-state index is -0.954. The number of amides is 2. The fraction of sp³-hybridized carbons (Fsp3) is 0.333. The second-order valence-corrected chi connectivity index (χ2v) is 8.20. The molecule has 5 nitrogen and oxygen atoms in total. The van der Waals surface area contributed by atoms with Gasteiger partial charge in [0.1, 0.15) is 5.82 Å². The number of rotatable bonds is 3. The summed E-state index contributed by atoms with van der Waals surface area (Å²) in [5, 5.41) is 9.55. The summed E-state index contributed by atoms with van der Waals surface area (Å²) < 4.78 is 14.1. The van der Waals surface area contributed by atoms with Crippen molar-refractivity contribution in [2.75, 3.05) is 11.4 Å². The molecule has 4 rings (SSSR count). The first kappa shape index (κ1) is 20.1. The number of carbonyl (C=O) groups excluding carboxylic acids is 1. The van der Waals surface area contributed by atoms with Crippen LogP contribution in [0.15, 0.2) is 65.7 Å². The van der Waals surface area contributed by atoms with E-state index >= 15 is 0 Å². The van der Waals surface area contributed by atoms with Gasteiger partial charge in [0.25, 0.3) is 5.91 Å². The number of halogens is 1. The topological polar surface area (TPSA) is 60.9 Å². The first-order chi connectivity index (χ1) is 14.3. The van der Waals surface area contributed by atoms with Crippen LogP contribution in [-0.4, -0.2) is 40.1 Å². The lowest BCUT2D eigenvalue weighted by Gasteiger charge is -2.49. The molecule has 1 fully saturated rings. The van der Waals surface area contributed by atoms with Crippen LogP contribution in [0.25, 0.3) is 0 Å². The molecule has 2 amide bonds. The molecule has 2 aliphatic heterocycles. The molecule has 30 heavy (non-hydrogen) atoms. The van der Waals surface area contributed by atoms with Crippen molar-refractivity contribution < 1.29 is 19.1 Å². The highest BCUT2D eigenvalue weighted by Crippen LogP contribution is 2.48. The molecular formula is C24H25FN2O3. The lowest BCUT2D eigenvalue weighted by molar-refractivity contribution is -0.115.